The molecule has 1 saturated carbocycles. The first-order valence-electron chi connectivity index (χ1n) is 8.74. The van der Waals surface area contributed by atoms with Crippen molar-refractivity contribution in [2.75, 3.05) is 32.8 Å². The second-order valence-electron chi connectivity index (χ2n) is 6.23. The first kappa shape index (κ1) is 18.4. The molecule has 1 fully saturated rings. The van der Waals surface area contributed by atoms with Gasteiger partial charge in [-0.1, -0.05) is 33.6 Å². The Morgan fingerprint density at radius 1 is 1.19 bits per heavy atom. The Morgan fingerprint density at radius 2 is 1.81 bits per heavy atom. The molecule has 1 atom stereocenters. The number of nitrogens with one attached hydrogen (secondary N) is 1. The van der Waals surface area contributed by atoms with Crippen LogP contribution in [0.4, 0.5) is 0 Å². The van der Waals surface area contributed by atoms with Crippen LogP contribution in [0.3, 0.4) is 0 Å². The number of hydrogen-bond donors (Lipinski definition) is 1. The van der Waals surface area contributed by atoms with Crippen molar-refractivity contribution in [2.45, 2.75) is 59.4 Å². The molecule has 124 valence electrons. The predicted octanol–water partition coefficient (Wildman–Crippen LogP) is 2.68. The van der Waals surface area contributed by atoms with E-state index in [0.717, 1.165) is 44.9 Å². The summed E-state index contributed by atoms with van der Waals surface area (Å²) < 4.78 is 5.28. The second kappa shape index (κ2) is 10.2. The van der Waals surface area contributed by atoms with Crippen LogP contribution in [0.25, 0.3) is 0 Å². The number of hydrogen-bond acceptors (Lipinski definition) is 4. The molecule has 4 nitrogen and oxygen atoms in total. The van der Waals surface area contributed by atoms with Crippen LogP contribution in [0.2, 0.25) is 0 Å². The Hall–Kier alpha value is -0.610. The van der Waals surface area contributed by atoms with E-state index in [1.807, 2.05) is 6.92 Å². The van der Waals surface area contributed by atoms with E-state index in [1.165, 1.54) is 12.8 Å². The molecule has 0 amide bonds. The van der Waals surface area contributed by atoms with Crippen LogP contribution < -0.4 is 5.32 Å². The molecule has 0 bridgehead atoms. The maximum absolute atomic E-state index is 12.2. The van der Waals surface area contributed by atoms with E-state index < -0.39 is 0 Å². The van der Waals surface area contributed by atoms with Gasteiger partial charge in [0.15, 0.2) is 0 Å². The van der Waals surface area contributed by atoms with Crippen LogP contribution >= 0.6 is 0 Å². The number of carbonyl (C=O) groups excluding carboxylic acids is 1. The molecule has 0 heterocycles. The van der Waals surface area contributed by atoms with E-state index >= 15 is 0 Å². The molecule has 1 rings (SSSR count). The second-order valence-corrected chi connectivity index (χ2v) is 6.23. The van der Waals surface area contributed by atoms with Gasteiger partial charge in [-0.05, 0) is 44.7 Å². The normalized spacial score (nSPS) is 24.0. The molecule has 0 aromatic carbocycles. The summed E-state index contributed by atoms with van der Waals surface area (Å²) in [5, 5.41) is 3.47. The predicted molar refractivity (Wildman–Crippen MR) is 87.3 cm³/mol. The summed E-state index contributed by atoms with van der Waals surface area (Å²) in [7, 11) is 0. The Balaban J connectivity index is 2.50. The fourth-order valence-electron chi connectivity index (χ4n) is 3.21. The van der Waals surface area contributed by atoms with E-state index in [-0.39, 0.29) is 12.0 Å². The zero-order valence-electron chi connectivity index (χ0n) is 14.4. The maximum Gasteiger partial charge on any atom is 0.323 e. The lowest BCUT2D eigenvalue weighted by atomic mass is 9.79. The fraction of sp³-hybridized carbons (Fsp3) is 0.941. The lowest BCUT2D eigenvalue weighted by Crippen LogP contribution is -2.47. The fourth-order valence-corrected chi connectivity index (χ4v) is 3.21. The molecule has 1 aliphatic carbocycles. The van der Waals surface area contributed by atoms with Gasteiger partial charge in [0.2, 0.25) is 0 Å². The number of nitrogens with zero attached hydrogens (tertiary/aromatic N) is 1. The van der Waals surface area contributed by atoms with Crippen molar-refractivity contribution < 1.29 is 9.53 Å². The highest BCUT2D eigenvalue weighted by Crippen LogP contribution is 2.30. The van der Waals surface area contributed by atoms with Gasteiger partial charge in [-0.15, -0.1) is 0 Å². The Labute approximate surface area is 130 Å². The highest BCUT2D eigenvalue weighted by Gasteiger charge is 2.31. The van der Waals surface area contributed by atoms with Crippen LogP contribution in [0.15, 0.2) is 0 Å². The van der Waals surface area contributed by atoms with E-state index in [2.05, 4.69) is 31.0 Å². The zero-order valence-corrected chi connectivity index (χ0v) is 14.4. The van der Waals surface area contributed by atoms with Crippen LogP contribution in [0, 0.1) is 11.8 Å². The average Bonchev–Trinajstić information content (AvgIpc) is 2.49. The number of likely N-dealkylation sites (N-methyl/N-ethyl adjacent to an activating group) is 1. The number of ether oxygens (including phenoxy) is 1. The molecular weight excluding hydrogens is 264 g/mol. The van der Waals surface area contributed by atoms with Crippen LogP contribution in [0.1, 0.15) is 53.4 Å². The van der Waals surface area contributed by atoms with Gasteiger partial charge in [-0.25, -0.2) is 0 Å². The molecule has 0 aromatic rings. The molecule has 1 aliphatic rings. The highest BCUT2D eigenvalue weighted by atomic mass is 16.5. The summed E-state index contributed by atoms with van der Waals surface area (Å²) in [5.74, 6) is 1.19. The van der Waals surface area contributed by atoms with Gasteiger partial charge >= 0.3 is 5.97 Å². The lowest BCUT2D eigenvalue weighted by Gasteiger charge is -2.32. The smallest absolute Gasteiger partial charge is 0.323 e. The minimum Gasteiger partial charge on any atom is -0.465 e. The first-order chi connectivity index (χ1) is 10.1. The third-order valence-corrected chi connectivity index (χ3v) is 4.76. The Bertz CT molecular complexity index is 285. The van der Waals surface area contributed by atoms with E-state index in [0.29, 0.717) is 12.5 Å². The standard InChI is InChI=1S/C17H34N2O2/c1-5-19(6-2)13-12-18-16(17(20)21-7-3)15-10-8-14(4)9-11-15/h14-16,18H,5-13H2,1-4H3. The number of esters is 1. The van der Waals surface area contributed by atoms with E-state index in [1.54, 1.807) is 0 Å². The first-order valence-corrected chi connectivity index (χ1v) is 8.74. The summed E-state index contributed by atoms with van der Waals surface area (Å²) in [6.45, 7) is 13.0. The van der Waals surface area contributed by atoms with Crippen molar-refractivity contribution in [3.05, 3.63) is 0 Å². The van der Waals surface area contributed by atoms with Gasteiger partial charge in [0.1, 0.15) is 6.04 Å². The number of rotatable bonds is 9. The summed E-state index contributed by atoms with van der Waals surface area (Å²) in [6.07, 6.45) is 4.75. The summed E-state index contributed by atoms with van der Waals surface area (Å²) in [6, 6.07) is -0.118. The molecule has 0 aromatic heterocycles. The maximum atomic E-state index is 12.2. The topological polar surface area (TPSA) is 41.6 Å². The zero-order chi connectivity index (χ0) is 15.7. The van der Waals surface area contributed by atoms with Gasteiger partial charge in [-0.2, -0.15) is 0 Å². The summed E-state index contributed by atoms with van der Waals surface area (Å²) >= 11 is 0. The molecule has 0 saturated heterocycles. The van der Waals surface area contributed by atoms with E-state index in [4.69, 9.17) is 4.74 Å². The average molecular weight is 298 g/mol. The van der Waals surface area contributed by atoms with Crippen molar-refractivity contribution in [1.82, 2.24) is 10.2 Å². The molecule has 1 N–H and O–H groups in total. The van der Waals surface area contributed by atoms with Crippen molar-refractivity contribution >= 4 is 5.97 Å². The van der Waals surface area contributed by atoms with Crippen molar-refractivity contribution in [3.63, 3.8) is 0 Å². The van der Waals surface area contributed by atoms with Crippen LogP contribution in [-0.4, -0.2) is 49.7 Å². The monoisotopic (exact) mass is 298 g/mol. The molecule has 0 aliphatic heterocycles. The lowest BCUT2D eigenvalue weighted by molar-refractivity contribution is -0.147. The van der Waals surface area contributed by atoms with Gasteiger partial charge in [0.25, 0.3) is 0 Å². The van der Waals surface area contributed by atoms with Crippen molar-refractivity contribution in [3.8, 4) is 0 Å². The quantitative estimate of drug-likeness (QED) is 0.665. The Kier molecular flexibility index (Phi) is 8.93. The van der Waals surface area contributed by atoms with Gasteiger partial charge in [0, 0.05) is 13.1 Å². The molecule has 1 unspecified atom stereocenters. The minimum absolute atomic E-state index is 0.0587. The van der Waals surface area contributed by atoms with Crippen LogP contribution in [-0.2, 0) is 9.53 Å². The minimum atomic E-state index is -0.118. The third kappa shape index (κ3) is 6.35. The number of carbonyl (C=O) groups is 1. The van der Waals surface area contributed by atoms with E-state index in [9.17, 15) is 4.79 Å². The molecule has 0 spiro atoms. The van der Waals surface area contributed by atoms with Crippen molar-refractivity contribution in [1.29, 1.82) is 0 Å². The Morgan fingerprint density at radius 3 is 2.33 bits per heavy atom. The van der Waals surface area contributed by atoms with Gasteiger partial charge in [-0.3, -0.25) is 4.79 Å². The molecular formula is C17H34N2O2. The van der Waals surface area contributed by atoms with Crippen molar-refractivity contribution in [2.24, 2.45) is 11.8 Å². The molecule has 0 radical (unpaired) electrons. The molecule has 4 heteroatoms. The third-order valence-electron chi connectivity index (χ3n) is 4.76. The largest absolute Gasteiger partial charge is 0.465 e. The molecule has 21 heavy (non-hydrogen) atoms. The van der Waals surface area contributed by atoms with Gasteiger partial charge < -0.3 is 15.0 Å². The SMILES string of the molecule is CCOC(=O)C(NCCN(CC)CC)C1CCC(C)CC1. The van der Waals surface area contributed by atoms with Crippen LogP contribution in [0.5, 0.6) is 0 Å². The highest BCUT2D eigenvalue weighted by molar-refractivity contribution is 5.76. The summed E-state index contributed by atoms with van der Waals surface area (Å²) in [4.78, 5) is 14.6. The van der Waals surface area contributed by atoms with Gasteiger partial charge in [0.05, 0.1) is 6.61 Å². The summed E-state index contributed by atoms with van der Waals surface area (Å²) in [5.41, 5.74) is 0.